The molecule has 2 rings (SSSR count). The summed E-state index contributed by atoms with van der Waals surface area (Å²) in [5.74, 6) is -1.67. The minimum atomic E-state index is -0.769. The molecule has 1 aliphatic heterocycles. The summed E-state index contributed by atoms with van der Waals surface area (Å²) in [4.78, 5) is 22.8. The van der Waals surface area contributed by atoms with E-state index in [2.05, 4.69) is 0 Å². The second kappa shape index (κ2) is 11.4. The van der Waals surface area contributed by atoms with Crippen LogP contribution < -0.4 is 0 Å². The molecule has 0 radical (unpaired) electrons. The van der Waals surface area contributed by atoms with Crippen LogP contribution in [-0.2, 0) is 44.6 Å². The van der Waals surface area contributed by atoms with Crippen LogP contribution in [0.5, 0.6) is 0 Å². The van der Waals surface area contributed by atoms with Gasteiger partial charge in [0.25, 0.3) is 0 Å². The van der Waals surface area contributed by atoms with Crippen LogP contribution in [0.25, 0.3) is 0 Å². The molecule has 1 fully saturated rings. The Labute approximate surface area is 177 Å². The van der Waals surface area contributed by atoms with Gasteiger partial charge in [-0.05, 0) is 19.4 Å². The van der Waals surface area contributed by atoms with Gasteiger partial charge < -0.3 is 28.4 Å². The molecule has 4 atom stereocenters. The first-order valence-corrected chi connectivity index (χ1v) is 10.0. The monoisotopic (exact) mass is 424 g/mol. The fourth-order valence-corrected chi connectivity index (χ4v) is 3.26. The average Bonchev–Trinajstić information content (AvgIpc) is 3.05. The first kappa shape index (κ1) is 24.3. The number of methoxy groups -OCH3 is 1. The van der Waals surface area contributed by atoms with Crippen molar-refractivity contribution in [3.8, 4) is 0 Å². The van der Waals surface area contributed by atoms with Crippen molar-refractivity contribution >= 4 is 11.9 Å². The van der Waals surface area contributed by atoms with Crippen molar-refractivity contribution in [2.45, 2.75) is 70.9 Å². The summed E-state index contributed by atoms with van der Waals surface area (Å²) in [6, 6.07) is 9.78. The maximum absolute atomic E-state index is 11.6. The van der Waals surface area contributed by atoms with E-state index in [4.69, 9.17) is 28.4 Å². The number of benzene rings is 1. The largest absolute Gasteiger partial charge is 0.462 e. The third kappa shape index (κ3) is 8.02. The van der Waals surface area contributed by atoms with Gasteiger partial charge in [0.1, 0.15) is 18.8 Å². The third-order valence-electron chi connectivity index (χ3n) is 4.70. The highest BCUT2D eigenvalue weighted by Crippen LogP contribution is 2.29. The summed E-state index contributed by atoms with van der Waals surface area (Å²) in [6.07, 6.45) is -1.71. The molecule has 0 aliphatic carbocycles. The third-order valence-corrected chi connectivity index (χ3v) is 4.70. The van der Waals surface area contributed by atoms with Gasteiger partial charge in [-0.1, -0.05) is 30.3 Å². The second-order valence-corrected chi connectivity index (χ2v) is 7.66. The molecule has 30 heavy (non-hydrogen) atoms. The van der Waals surface area contributed by atoms with E-state index < -0.39 is 36.0 Å². The van der Waals surface area contributed by atoms with Crippen molar-refractivity contribution in [2.75, 3.05) is 20.3 Å². The van der Waals surface area contributed by atoms with E-state index in [0.717, 1.165) is 5.56 Å². The van der Waals surface area contributed by atoms with Gasteiger partial charge in [0, 0.05) is 27.4 Å². The lowest BCUT2D eigenvalue weighted by molar-refractivity contribution is -0.175. The van der Waals surface area contributed by atoms with Crippen LogP contribution in [0, 0.1) is 0 Å². The van der Waals surface area contributed by atoms with Crippen LogP contribution in [0.2, 0.25) is 0 Å². The molecule has 0 saturated carbocycles. The Balaban J connectivity index is 2.12. The Morgan fingerprint density at radius 1 is 1.13 bits per heavy atom. The zero-order chi connectivity index (χ0) is 22.1. The number of esters is 2. The quantitative estimate of drug-likeness (QED) is 0.501. The maximum Gasteiger partial charge on any atom is 0.303 e. The minimum absolute atomic E-state index is 0.105. The standard InChI is InChI=1S/C22H32O8/c1-15(23)26-13-20(29-16(2)24)18(25-5)11-19(21-14-28-22(3,4)30-21)27-12-17-9-7-6-8-10-17/h6-10,18-21H,11-14H2,1-5H3/t18-,19+,20+,21-/m1/s1. The van der Waals surface area contributed by atoms with Gasteiger partial charge >= 0.3 is 11.9 Å². The van der Waals surface area contributed by atoms with Gasteiger partial charge in [-0.2, -0.15) is 0 Å². The molecular formula is C22H32O8. The predicted octanol–water partition coefficient (Wildman–Crippen LogP) is 2.62. The van der Waals surface area contributed by atoms with Crippen molar-refractivity contribution < 1.29 is 38.0 Å². The van der Waals surface area contributed by atoms with E-state index in [0.29, 0.717) is 19.6 Å². The second-order valence-electron chi connectivity index (χ2n) is 7.66. The van der Waals surface area contributed by atoms with Crippen LogP contribution in [0.3, 0.4) is 0 Å². The number of hydrogen-bond donors (Lipinski definition) is 0. The molecule has 1 heterocycles. The van der Waals surface area contributed by atoms with E-state index in [-0.39, 0.29) is 12.7 Å². The Kier molecular flexibility index (Phi) is 9.23. The van der Waals surface area contributed by atoms with Crippen LogP contribution >= 0.6 is 0 Å². The van der Waals surface area contributed by atoms with Crippen molar-refractivity contribution in [1.29, 1.82) is 0 Å². The van der Waals surface area contributed by atoms with Crippen molar-refractivity contribution in [3.63, 3.8) is 0 Å². The molecule has 1 aliphatic rings. The first-order valence-electron chi connectivity index (χ1n) is 10.0. The molecule has 0 spiro atoms. The van der Waals surface area contributed by atoms with Crippen LogP contribution in [0.4, 0.5) is 0 Å². The van der Waals surface area contributed by atoms with Crippen molar-refractivity contribution in [2.24, 2.45) is 0 Å². The molecule has 1 saturated heterocycles. The van der Waals surface area contributed by atoms with Crippen molar-refractivity contribution in [3.05, 3.63) is 35.9 Å². The Hall–Kier alpha value is -2.00. The molecule has 0 amide bonds. The molecule has 8 heteroatoms. The number of carbonyl (C=O) groups excluding carboxylic acids is 2. The van der Waals surface area contributed by atoms with Gasteiger partial charge in [-0.15, -0.1) is 0 Å². The minimum Gasteiger partial charge on any atom is -0.462 e. The lowest BCUT2D eigenvalue weighted by Gasteiger charge is -2.31. The first-order chi connectivity index (χ1) is 14.2. The average molecular weight is 424 g/mol. The molecule has 1 aromatic carbocycles. The zero-order valence-electron chi connectivity index (χ0n) is 18.3. The van der Waals surface area contributed by atoms with Crippen LogP contribution in [0.1, 0.15) is 39.7 Å². The molecule has 168 valence electrons. The van der Waals surface area contributed by atoms with Gasteiger partial charge in [-0.3, -0.25) is 9.59 Å². The highest BCUT2D eigenvalue weighted by molar-refractivity contribution is 5.67. The van der Waals surface area contributed by atoms with Crippen LogP contribution in [0.15, 0.2) is 30.3 Å². The van der Waals surface area contributed by atoms with E-state index in [1.807, 2.05) is 44.2 Å². The number of carbonyl (C=O) groups is 2. The van der Waals surface area contributed by atoms with Gasteiger partial charge in [0.05, 0.1) is 19.3 Å². The summed E-state index contributed by atoms with van der Waals surface area (Å²) in [7, 11) is 1.51. The van der Waals surface area contributed by atoms with E-state index in [9.17, 15) is 9.59 Å². The molecule has 0 N–H and O–H groups in total. The van der Waals surface area contributed by atoms with Gasteiger partial charge in [0.15, 0.2) is 11.9 Å². The topological polar surface area (TPSA) is 89.5 Å². The van der Waals surface area contributed by atoms with E-state index >= 15 is 0 Å². The summed E-state index contributed by atoms with van der Waals surface area (Å²) in [6.45, 7) is 6.92. The summed E-state index contributed by atoms with van der Waals surface area (Å²) < 4.78 is 33.9. The molecule has 0 bridgehead atoms. The molecular weight excluding hydrogens is 392 g/mol. The van der Waals surface area contributed by atoms with E-state index in [1.54, 1.807) is 0 Å². The SMILES string of the molecule is CO[C@H](C[C@H](OCc1ccccc1)[C@H]1COC(C)(C)O1)[C@H](COC(C)=O)OC(C)=O. The zero-order valence-corrected chi connectivity index (χ0v) is 18.3. The highest BCUT2D eigenvalue weighted by atomic mass is 16.7. The molecule has 0 aromatic heterocycles. The van der Waals surface area contributed by atoms with Gasteiger partial charge in [-0.25, -0.2) is 0 Å². The summed E-state index contributed by atoms with van der Waals surface area (Å²) in [5, 5.41) is 0. The fraction of sp³-hybridized carbons (Fsp3) is 0.636. The number of ether oxygens (including phenoxy) is 6. The Morgan fingerprint density at radius 3 is 2.37 bits per heavy atom. The molecule has 1 aromatic rings. The Bertz CT molecular complexity index is 675. The lowest BCUT2D eigenvalue weighted by Crippen LogP contribution is -2.43. The lowest BCUT2D eigenvalue weighted by atomic mass is 10.0. The smallest absolute Gasteiger partial charge is 0.303 e. The molecule has 0 unspecified atom stereocenters. The summed E-state index contributed by atoms with van der Waals surface area (Å²) >= 11 is 0. The number of rotatable bonds is 11. The summed E-state index contributed by atoms with van der Waals surface area (Å²) in [5.41, 5.74) is 1.02. The fourth-order valence-electron chi connectivity index (χ4n) is 3.26. The normalized spacial score (nSPS) is 20.9. The number of hydrogen-bond acceptors (Lipinski definition) is 8. The van der Waals surface area contributed by atoms with Crippen molar-refractivity contribution in [1.82, 2.24) is 0 Å². The predicted molar refractivity (Wildman–Crippen MR) is 108 cm³/mol. The van der Waals surface area contributed by atoms with Gasteiger partial charge in [0.2, 0.25) is 0 Å². The van der Waals surface area contributed by atoms with E-state index in [1.165, 1.54) is 21.0 Å². The highest BCUT2D eigenvalue weighted by Gasteiger charge is 2.40. The molecule has 8 nitrogen and oxygen atoms in total. The maximum atomic E-state index is 11.6. The Morgan fingerprint density at radius 2 is 1.83 bits per heavy atom. The van der Waals surface area contributed by atoms with Crippen LogP contribution in [-0.4, -0.2) is 62.5 Å².